The summed E-state index contributed by atoms with van der Waals surface area (Å²) < 4.78 is 41.0. The third kappa shape index (κ3) is 2.52. The lowest BCUT2D eigenvalue weighted by atomic mass is 10.1. The molecule has 7 heteroatoms. The number of fused-ring (bicyclic) bond motifs is 1. The number of sulfonamides is 1. The Hall–Kier alpha value is -1.57. The molecule has 2 aromatic rings. The van der Waals surface area contributed by atoms with E-state index in [1.807, 2.05) is 0 Å². The molecular formula is C14H16FN3O2S. The first-order valence-electron chi connectivity index (χ1n) is 6.78. The summed E-state index contributed by atoms with van der Waals surface area (Å²) in [6, 6.07) is 4.50. The summed E-state index contributed by atoms with van der Waals surface area (Å²) in [5.41, 5.74) is 5.85. The van der Waals surface area contributed by atoms with E-state index in [1.165, 1.54) is 16.6 Å². The van der Waals surface area contributed by atoms with Crippen LogP contribution in [0.25, 0.3) is 10.8 Å². The number of hydrogen-bond donors (Lipinski definition) is 1. The number of nitrogens with zero attached hydrogens (tertiary/aromatic N) is 2. The molecule has 1 unspecified atom stereocenters. The summed E-state index contributed by atoms with van der Waals surface area (Å²) in [6.45, 7) is 0.685. The van der Waals surface area contributed by atoms with E-state index in [1.54, 1.807) is 12.1 Å². The van der Waals surface area contributed by atoms with Crippen LogP contribution in [-0.4, -0.2) is 36.8 Å². The van der Waals surface area contributed by atoms with Gasteiger partial charge in [-0.3, -0.25) is 4.98 Å². The third-order valence-corrected chi connectivity index (χ3v) is 5.64. The summed E-state index contributed by atoms with van der Waals surface area (Å²) >= 11 is 0. The quantitative estimate of drug-likeness (QED) is 0.912. The van der Waals surface area contributed by atoms with Crippen LogP contribution in [-0.2, 0) is 10.0 Å². The first-order chi connectivity index (χ1) is 10.00. The van der Waals surface area contributed by atoms with Gasteiger partial charge in [-0.25, -0.2) is 12.8 Å². The van der Waals surface area contributed by atoms with Crippen LogP contribution in [0.2, 0.25) is 0 Å². The van der Waals surface area contributed by atoms with Gasteiger partial charge in [-0.05, 0) is 18.9 Å². The van der Waals surface area contributed by atoms with Gasteiger partial charge in [0.25, 0.3) is 0 Å². The van der Waals surface area contributed by atoms with Crippen molar-refractivity contribution in [3.05, 3.63) is 36.4 Å². The van der Waals surface area contributed by atoms with Crippen molar-refractivity contribution in [2.24, 2.45) is 5.73 Å². The van der Waals surface area contributed by atoms with Gasteiger partial charge in [-0.1, -0.05) is 12.1 Å². The summed E-state index contributed by atoms with van der Waals surface area (Å²) in [6.07, 6.45) is 4.01. The molecule has 2 heterocycles. The summed E-state index contributed by atoms with van der Waals surface area (Å²) in [4.78, 5) is 3.74. The molecule has 21 heavy (non-hydrogen) atoms. The molecule has 1 aromatic heterocycles. The second-order valence-corrected chi connectivity index (χ2v) is 7.15. The SMILES string of the molecule is NC1CCCN(S(=O)(=O)c2cccc3cncc(F)c23)C1. The van der Waals surface area contributed by atoms with Gasteiger partial charge >= 0.3 is 0 Å². The highest BCUT2D eigenvalue weighted by Crippen LogP contribution is 2.28. The zero-order chi connectivity index (χ0) is 15.0. The molecule has 5 nitrogen and oxygen atoms in total. The van der Waals surface area contributed by atoms with E-state index in [0.717, 1.165) is 19.0 Å². The molecule has 0 bridgehead atoms. The highest BCUT2D eigenvalue weighted by atomic mass is 32.2. The van der Waals surface area contributed by atoms with E-state index in [0.29, 0.717) is 11.9 Å². The van der Waals surface area contributed by atoms with Crippen molar-refractivity contribution in [1.29, 1.82) is 0 Å². The Balaban J connectivity index is 2.15. The van der Waals surface area contributed by atoms with Crippen LogP contribution < -0.4 is 5.73 Å². The fourth-order valence-corrected chi connectivity index (χ4v) is 4.46. The molecule has 1 aliphatic rings. The average Bonchev–Trinajstić information content (AvgIpc) is 2.47. The molecule has 3 rings (SSSR count). The lowest BCUT2D eigenvalue weighted by molar-refractivity contribution is 0.316. The second kappa shape index (κ2) is 5.32. The highest BCUT2D eigenvalue weighted by molar-refractivity contribution is 7.89. The van der Waals surface area contributed by atoms with Crippen molar-refractivity contribution in [3.63, 3.8) is 0 Å². The lowest BCUT2D eigenvalue weighted by Gasteiger charge is -2.30. The maximum absolute atomic E-state index is 14.1. The lowest BCUT2D eigenvalue weighted by Crippen LogP contribution is -2.45. The van der Waals surface area contributed by atoms with E-state index in [2.05, 4.69) is 4.98 Å². The fourth-order valence-electron chi connectivity index (χ4n) is 2.71. The first-order valence-corrected chi connectivity index (χ1v) is 8.22. The molecule has 112 valence electrons. The molecule has 0 spiro atoms. The zero-order valence-corrected chi connectivity index (χ0v) is 12.2. The molecule has 0 saturated carbocycles. The van der Waals surface area contributed by atoms with Gasteiger partial charge in [-0.15, -0.1) is 0 Å². The predicted molar refractivity (Wildman–Crippen MR) is 77.7 cm³/mol. The summed E-state index contributed by atoms with van der Waals surface area (Å²) in [5, 5.41) is 0.559. The Bertz CT molecular complexity index is 774. The third-order valence-electron chi connectivity index (χ3n) is 3.74. The number of benzene rings is 1. The van der Waals surface area contributed by atoms with Crippen LogP contribution in [0.4, 0.5) is 4.39 Å². The molecule has 1 aromatic carbocycles. The van der Waals surface area contributed by atoms with Gasteiger partial charge in [0.15, 0.2) is 5.82 Å². The van der Waals surface area contributed by atoms with Gasteiger partial charge in [0.2, 0.25) is 10.0 Å². The van der Waals surface area contributed by atoms with Crippen molar-refractivity contribution < 1.29 is 12.8 Å². The number of halogens is 1. The molecule has 1 saturated heterocycles. The van der Waals surface area contributed by atoms with Gasteiger partial charge < -0.3 is 5.73 Å². The van der Waals surface area contributed by atoms with E-state index in [9.17, 15) is 12.8 Å². The Morgan fingerprint density at radius 1 is 1.33 bits per heavy atom. The van der Waals surface area contributed by atoms with Crippen molar-refractivity contribution in [2.75, 3.05) is 13.1 Å². The smallest absolute Gasteiger partial charge is 0.243 e. The number of aromatic nitrogens is 1. The van der Waals surface area contributed by atoms with Gasteiger partial charge in [0, 0.05) is 36.1 Å². The Labute approximate surface area is 122 Å². The monoisotopic (exact) mass is 309 g/mol. The molecule has 0 aliphatic carbocycles. The number of nitrogens with two attached hydrogens (primary N) is 1. The second-order valence-electron chi connectivity index (χ2n) is 5.24. The molecule has 1 atom stereocenters. The summed E-state index contributed by atoms with van der Waals surface area (Å²) in [7, 11) is -3.76. The van der Waals surface area contributed by atoms with Crippen molar-refractivity contribution in [1.82, 2.24) is 9.29 Å². The highest BCUT2D eigenvalue weighted by Gasteiger charge is 2.30. The van der Waals surface area contributed by atoms with E-state index in [-0.39, 0.29) is 22.9 Å². The van der Waals surface area contributed by atoms with Crippen LogP contribution in [0.5, 0.6) is 0 Å². The maximum Gasteiger partial charge on any atom is 0.243 e. The summed E-state index contributed by atoms with van der Waals surface area (Å²) in [5.74, 6) is -0.631. The van der Waals surface area contributed by atoms with Crippen molar-refractivity contribution in [2.45, 2.75) is 23.8 Å². The fraction of sp³-hybridized carbons (Fsp3) is 0.357. The van der Waals surface area contributed by atoms with Crippen LogP contribution >= 0.6 is 0 Å². The van der Waals surface area contributed by atoms with Crippen molar-refractivity contribution in [3.8, 4) is 0 Å². The van der Waals surface area contributed by atoms with E-state index < -0.39 is 15.8 Å². The molecular weight excluding hydrogens is 293 g/mol. The number of pyridine rings is 1. The molecule has 1 aliphatic heterocycles. The van der Waals surface area contributed by atoms with Crippen LogP contribution in [0, 0.1) is 5.82 Å². The molecule has 0 radical (unpaired) electrons. The first kappa shape index (κ1) is 14.4. The molecule has 2 N–H and O–H groups in total. The zero-order valence-electron chi connectivity index (χ0n) is 11.4. The van der Waals surface area contributed by atoms with Crippen molar-refractivity contribution >= 4 is 20.8 Å². The number of rotatable bonds is 2. The minimum absolute atomic E-state index is 0.0194. The molecule has 0 amide bonds. The Morgan fingerprint density at radius 3 is 2.90 bits per heavy atom. The van der Waals surface area contributed by atoms with Crippen LogP contribution in [0.3, 0.4) is 0 Å². The number of hydrogen-bond acceptors (Lipinski definition) is 4. The standard InChI is InChI=1S/C14H16FN3O2S/c15-12-8-17-7-10-3-1-5-13(14(10)12)21(19,20)18-6-2-4-11(16)9-18/h1,3,5,7-8,11H,2,4,6,9,16H2. The van der Waals surface area contributed by atoms with Gasteiger partial charge in [-0.2, -0.15) is 4.31 Å². The predicted octanol–water partition coefficient (Wildman–Crippen LogP) is 1.49. The van der Waals surface area contributed by atoms with E-state index >= 15 is 0 Å². The maximum atomic E-state index is 14.1. The minimum atomic E-state index is -3.76. The Morgan fingerprint density at radius 2 is 2.14 bits per heavy atom. The van der Waals surface area contributed by atoms with Crippen LogP contribution in [0.1, 0.15) is 12.8 Å². The topological polar surface area (TPSA) is 76.3 Å². The largest absolute Gasteiger partial charge is 0.327 e. The Kier molecular flexibility index (Phi) is 3.64. The van der Waals surface area contributed by atoms with E-state index in [4.69, 9.17) is 5.73 Å². The minimum Gasteiger partial charge on any atom is -0.327 e. The van der Waals surface area contributed by atoms with Gasteiger partial charge in [0.1, 0.15) is 0 Å². The number of piperidine rings is 1. The molecule has 1 fully saturated rings. The van der Waals surface area contributed by atoms with Gasteiger partial charge in [0.05, 0.1) is 11.1 Å². The van der Waals surface area contributed by atoms with Crippen LogP contribution in [0.15, 0.2) is 35.5 Å². The average molecular weight is 309 g/mol. The normalized spacial score (nSPS) is 20.8.